The Kier molecular flexibility index (Phi) is 4.63. The Bertz CT molecular complexity index is 794. The molecule has 1 aliphatic heterocycles. The van der Waals surface area contributed by atoms with Gasteiger partial charge in [0, 0.05) is 17.9 Å². The number of benzene rings is 2. The van der Waals surface area contributed by atoms with E-state index >= 15 is 0 Å². The molecule has 1 aliphatic rings. The van der Waals surface area contributed by atoms with Crippen LogP contribution in [0.5, 0.6) is 0 Å². The zero-order valence-electron chi connectivity index (χ0n) is 12.8. The lowest BCUT2D eigenvalue weighted by Crippen LogP contribution is -2.07. The summed E-state index contributed by atoms with van der Waals surface area (Å²) in [5.41, 5.74) is 4.85. The van der Waals surface area contributed by atoms with Crippen LogP contribution < -0.4 is 0 Å². The van der Waals surface area contributed by atoms with E-state index in [1.54, 1.807) is 0 Å². The van der Waals surface area contributed by atoms with Crippen molar-refractivity contribution in [3.05, 3.63) is 69.7 Å². The van der Waals surface area contributed by atoms with Crippen molar-refractivity contribution in [3.8, 4) is 0 Å². The molecule has 2 aromatic rings. The van der Waals surface area contributed by atoms with Gasteiger partial charge in [-0.1, -0.05) is 48.0 Å². The van der Waals surface area contributed by atoms with E-state index in [1.807, 2.05) is 49.4 Å². The van der Waals surface area contributed by atoms with Crippen molar-refractivity contribution in [2.45, 2.75) is 19.8 Å². The number of hydrogen-bond acceptors (Lipinski definition) is 4. The zero-order valence-corrected chi connectivity index (χ0v) is 13.5. The minimum Gasteiger partial charge on any atom is -0.299 e. The van der Waals surface area contributed by atoms with E-state index in [4.69, 9.17) is 11.6 Å². The molecule has 116 valence electrons. The average molecular weight is 326 g/mol. The van der Waals surface area contributed by atoms with E-state index < -0.39 is 0 Å². The molecule has 4 nitrogen and oxygen atoms in total. The number of carbonyl (C=O) groups is 1. The number of ketones is 1. The molecule has 0 saturated heterocycles. The Balaban J connectivity index is 1.62. The molecule has 23 heavy (non-hydrogen) atoms. The molecule has 5 heteroatoms. The summed E-state index contributed by atoms with van der Waals surface area (Å²) in [5, 5.41) is 12.1. The molecular weight excluding hydrogens is 310 g/mol. The monoisotopic (exact) mass is 325 g/mol. The van der Waals surface area contributed by atoms with Crippen molar-refractivity contribution in [2.75, 3.05) is 6.54 Å². The van der Waals surface area contributed by atoms with Crippen LogP contribution in [0.15, 0.2) is 57.9 Å². The Labute approximate surface area is 139 Å². The van der Waals surface area contributed by atoms with Gasteiger partial charge in [0.15, 0.2) is 0 Å². The number of halogens is 1. The molecule has 3 rings (SSSR count). The number of carbonyl (C=O) groups excluding carboxylic acids is 1. The lowest BCUT2D eigenvalue weighted by Gasteiger charge is -2.05. The van der Waals surface area contributed by atoms with Gasteiger partial charge in [0.25, 0.3) is 0 Å². The van der Waals surface area contributed by atoms with Crippen molar-refractivity contribution in [1.29, 1.82) is 0 Å². The molecule has 0 fully saturated rings. The standard InChI is InChI=1S/C18H16ClN3O/c1-12-8-14(4-7-17(12)19)10-16(23)9-13-2-5-15(6-3-13)18-11-20-22-21-18/h2-8H,9-11H2,1H3. The molecule has 0 radical (unpaired) electrons. The van der Waals surface area contributed by atoms with Crippen molar-refractivity contribution in [2.24, 2.45) is 15.4 Å². The quantitative estimate of drug-likeness (QED) is 0.813. The van der Waals surface area contributed by atoms with Gasteiger partial charge in [-0.15, -0.1) is 5.10 Å². The van der Waals surface area contributed by atoms with Crippen molar-refractivity contribution in [3.63, 3.8) is 0 Å². The minimum absolute atomic E-state index is 0.183. The Hall–Kier alpha value is -2.33. The first kappa shape index (κ1) is 15.6. The SMILES string of the molecule is Cc1cc(CC(=O)Cc2ccc(C3=NN=NC3)cc2)ccc1Cl. The number of nitrogens with zero attached hydrogens (tertiary/aromatic N) is 3. The van der Waals surface area contributed by atoms with E-state index in [9.17, 15) is 4.79 Å². The zero-order chi connectivity index (χ0) is 16.2. The molecule has 1 heterocycles. The summed E-state index contributed by atoms with van der Waals surface area (Å²) in [7, 11) is 0. The predicted octanol–water partition coefficient (Wildman–Crippen LogP) is 4.17. The van der Waals surface area contributed by atoms with E-state index in [-0.39, 0.29) is 5.78 Å². The van der Waals surface area contributed by atoms with Crippen LogP contribution in [-0.2, 0) is 17.6 Å². The minimum atomic E-state index is 0.183. The summed E-state index contributed by atoms with van der Waals surface area (Å²) >= 11 is 6.01. The number of hydrogen-bond donors (Lipinski definition) is 0. The van der Waals surface area contributed by atoms with Crippen LogP contribution in [-0.4, -0.2) is 18.0 Å². The van der Waals surface area contributed by atoms with Gasteiger partial charge in [0.1, 0.15) is 12.3 Å². The van der Waals surface area contributed by atoms with Gasteiger partial charge in [-0.2, -0.15) is 5.11 Å². The summed E-state index contributed by atoms with van der Waals surface area (Å²) in [6, 6.07) is 13.6. The van der Waals surface area contributed by atoms with Crippen LogP contribution in [0, 0.1) is 6.92 Å². The highest BCUT2D eigenvalue weighted by Crippen LogP contribution is 2.17. The fourth-order valence-corrected chi connectivity index (χ4v) is 2.63. The molecule has 0 saturated carbocycles. The molecule has 0 N–H and O–H groups in total. The number of rotatable bonds is 5. The third-order valence-electron chi connectivity index (χ3n) is 3.76. The fraction of sp³-hybridized carbons (Fsp3) is 0.222. The van der Waals surface area contributed by atoms with Crippen molar-refractivity contribution in [1.82, 2.24) is 0 Å². The molecule has 0 aromatic heterocycles. The lowest BCUT2D eigenvalue weighted by molar-refractivity contribution is -0.117. The van der Waals surface area contributed by atoms with Crippen molar-refractivity contribution < 1.29 is 4.79 Å². The molecule has 0 spiro atoms. The highest BCUT2D eigenvalue weighted by Gasteiger charge is 2.09. The molecule has 0 bridgehead atoms. The fourth-order valence-electron chi connectivity index (χ4n) is 2.51. The maximum absolute atomic E-state index is 12.2. The maximum Gasteiger partial charge on any atom is 0.141 e. The first-order valence-electron chi connectivity index (χ1n) is 7.41. The average Bonchev–Trinajstić information content (AvgIpc) is 3.06. The third kappa shape index (κ3) is 3.90. The van der Waals surface area contributed by atoms with Crippen LogP contribution in [0.25, 0.3) is 0 Å². The molecule has 0 amide bonds. The van der Waals surface area contributed by atoms with Gasteiger partial charge in [-0.05, 0) is 40.5 Å². The third-order valence-corrected chi connectivity index (χ3v) is 4.19. The molecule has 0 aliphatic carbocycles. The lowest BCUT2D eigenvalue weighted by atomic mass is 10.00. The first-order chi connectivity index (χ1) is 11.1. The van der Waals surface area contributed by atoms with E-state index in [0.717, 1.165) is 33.0 Å². The highest BCUT2D eigenvalue weighted by molar-refractivity contribution is 6.31. The summed E-state index contributed by atoms with van der Waals surface area (Å²) in [6.45, 7) is 2.47. The normalized spacial score (nSPS) is 13.2. The maximum atomic E-state index is 12.2. The number of aryl methyl sites for hydroxylation is 1. The summed E-state index contributed by atoms with van der Waals surface area (Å²) in [6.07, 6.45) is 0.841. The van der Waals surface area contributed by atoms with Crippen LogP contribution in [0.3, 0.4) is 0 Å². The molecular formula is C18H16ClN3O. The second kappa shape index (κ2) is 6.84. The van der Waals surface area contributed by atoms with Crippen molar-refractivity contribution >= 4 is 23.1 Å². The van der Waals surface area contributed by atoms with Gasteiger partial charge < -0.3 is 0 Å². The van der Waals surface area contributed by atoms with Gasteiger partial charge >= 0.3 is 0 Å². The van der Waals surface area contributed by atoms with E-state index in [0.29, 0.717) is 19.4 Å². The summed E-state index contributed by atoms with van der Waals surface area (Å²) in [4.78, 5) is 12.2. The Morgan fingerprint density at radius 2 is 1.78 bits per heavy atom. The van der Waals surface area contributed by atoms with Gasteiger partial charge in [-0.3, -0.25) is 4.79 Å². The molecule has 2 aromatic carbocycles. The van der Waals surface area contributed by atoms with Crippen LogP contribution in [0.2, 0.25) is 5.02 Å². The Morgan fingerprint density at radius 3 is 2.43 bits per heavy atom. The highest BCUT2D eigenvalue weighted by atomic mass is 35.5. The van der Waals surface area contributed by atoms with E-state index in [1.165, 1.54) is 0 Å². The van der Waals surface area contributed by atoms with Gasteiger partial charge in [0.2, 0.25) is 0 Å². The predicted molar refractivity (Wildman–Crippen MR) is 91.3 cm³/mol. The smallest absolute Gasteiger partial charge is 0.141 e. The van der Waals surface area contributed by atoms with Crippen LogP contribution in [0.1, 0.15) is 22.3 Å². The molecule has 0 unspecified atom stereocenters. The van der Waals surface area contributed by atoms with Gasteiger partial charge in [0.05, 0.1) is 5.71 Å². The second-order valence-electron chi connectivity index (χ2n) is 5.61. The van der Waals surface area contributed by atoms with Crippen LogP contribution >= 0.6 is 11.6 Å². The Morgan fingerprint density at radius 1 is 1.09 bits per heavy atom. The largest absolute Gasteiger partial charge is 0.299 e. The van der Waals surface area contributed by atoms with Crippen LogP contribution in [0.4, 0.5) is 0 Å². The molecule has 0 atom stereocenters. The van der Waals surface area contributed by atoms with E-state index in [2.05, 4.69) is 15.4 Å². The van der Waals surface area contributed by atoms with Gasteiger partial charge in [-0.25, -0.2) is 0 Å². The summed E-state index contributed by atoms with van der Waals surface area (Å²) in [5.74, 6) is 0.183. The second-order valence-corrected chi connectivity index (χ2v) is 6.02. The topological polar surface area (TPSA) is 54.1 Å². The first-order valence-corrected chi connectivity index (χ1v) is 7.79. The summed E-state index contributed by atoms with van der Waals surface area (Å²) < 4.78 is 0. The number of Topliss-reactive ketones (excluding diaryl/α,β-unsaturated/α-hetero) is 1.